The Morgan fingerprint density at radius 1 is 0.321 bits per heavy atom. The summed E-state index contributed by atoms with van der Waals surface area (Å²) in [6.45, 7) is 0. The molecule has 0 radical (unpaired) electrons. The van der Waals surface area contributed by atoms with Crippen molar-refractivity contribution in [1.29, 1.82) is 0 Å². The molecule has 11 aromatic rings. The second kappa shape index (κ2) is 11.8. The predicted octanol–water partition coefficient (Wildman–Crippen LogP) is 14.9. The molecule has 0 saturated carbocycles. The van der Waals surface area contributed by atoms with Gasteiger partial charge < -0.3 is 4.42 Å². The van der Waals surface area contributed by atoms with E-state index in [0.29, 0.717) is 22.1 Å². The fourth-order valence-electron chi connectivity index (χ4n) is 8.05. The van der Waals surface area contributed by atoms with Crippen LogP contribution in [0.2, 0.25) is 0 Å². The molecule has 0 bridgehead atoms. The Morgan fingerprint density at radius 2 is 0.774 bits per heavy atom. The van der Waals surface area contributed by atoms with Crippen LogP contribution in [0, 0.1) is 0 Å². The van der Waals surface area contributed by atoms with E-state index in [2.05, 4.69) is 30.3 Å². The second-order valence-electron chi connectivity index (χ2n) is 12.9. The highest BCUT2D eigenvalue weighted by Gasteiger charge is 2.21. The molecular formula is C52H32O. The summed E-state index contributed by atoms with van der Waals surface area (Å²) in [7, 11) is 0. The molecular weight excluding hydrogens is 641 g/mol. The molecule has 0 unspecified atom stereocenters. The lowest BCUT2D eigenvalue weighted by molar-refractivity contribution is 0.669. The number of hydrogen-bond acceptors (Lipinski definition) is 1. The van der Waals surface area contributed by atoms with E-state index in [1.165, 1.54) is 0 Å². The van der Waals surface area contributed by atoms with E-state index in [4.69, 9.17) is 16.8 Å². The Morgan fingerprint density at radius 3 is 1.42 bits per heavy atom. The van der Waals surface area contributed by atoms with Gasteiger partial charge in [-0.25, -0.2) is 0 Å². The molecule has 0 aliphatic heterocycles. The summed E-state index contributed by atoms with van der Waals surface area (Å²) in [4.78, 5) is 0. The number of benzene rings is 10. The van der Waals surface area contributed by atoms with Crippen LogP contribution < -0.4 is 0 Å². The van der Waals surface area contributed by atoms with Crippen LogP contribution in [0.25, 0.3) is 110 Å². The molecule has 246 valence electrons. The van der Waals surface area contributed by atoms with Crippen LogP contribution in [0.1, 0.15) is 17.8 Å². The number of hydrogen-bond donors (Lipinski definition) is 0. The molecule has 53 heavy (non-hydrogen) atoms. The molecule has 0 aliphatic rings. The van der Waals surface area contributed by atoms with Crippen molar-refractivity contribution in [3.05, 3.63) is 194 Å². The first-order valence-corrected chi connectivity index (χ1v) is 17.2. The van der Waals surface area contributed by atoms with Crippen molar-refractivity contribution in [3.63, 3.8) is 0 Å². The highest BCUT2D eigenvalue weighted by Crippen LogP contribution is 2.48. The highest BCUT2D eigenvalue weighted by atomic mass is 16.3. The Hall–Kier alpha value is -6.96. The normalized spacial score (nSPS) is 15.2. The summed E-state index contributed by atoms with van der Waals surface area (Å²) in [5, 5.41) is 4.49. The molecule has 0 amide bonds. The van der Waals surface area contributed by atoms with Gasteiger partial charge in [-0.05, 0) is 99.7 Å². The third-order valence-electron chi connectivity index (χ3n) is 10.2. The maximum absolute atomic E-state index is 9.48. The predicted molar refractivity (Wildman–Crippen MR) is 225 cm³/mol. The molecule has 11 rings (SSSR count). The van der Waals surface area contributed by atoms with Gasteiger partial charge in [0.25, 0.3) is 0 Å². The van der Waals surface area contributed by atoms with Crippen molar-refractivity contribution in [1.82, 2.24) is 0 Å². The van der Waals surface area contributed by atoms with Crippen molar-refractivity contribution in [3.8, 4) is 44.5 Å². The Kier molecular flexibility index (Phi) is 4.36. The maximum atomic E-state index is 9.48. The summed E-state index contributed by atoms with van der Waals surface area (Å²) in [5.41, 5.74) is 4.70. The standard InChI is InChI=1S/C52H32O/c1-2-16-34(17-3-1)49-42-22-8-10-24-44(42)50(45-25-11-9-23-43(45)49)46-32-31-39(37-20-6-7-21-38(37)46)41-28-14-30-48-52(41)51-40(27-13-29-47(51)53-48)36-26-12-18-33-15-4-5-19-35(33)36/h1-32H/i1D,2D,3D,8D,9D,10D,11D,16D,17D,22D,23D,24D,25D. The van der Waals surface area contributed by atoms with Gasteiger partial charge in [0.05, 0.1) is 17.8 Å². The smallest absolute Gasteiger partial charge is 0.136 e. The summed E-state index contributed by atoms with van der Waals surface area (Å²) in [6.07, 6.45) is 0. The van der Waals surface area contributed by atoms with Gasteiger partial charge in [-0.2, -0.15) is 0 Å². The molecule has 10 aromatic carbocycles. The van der Waals surface area contributed by atoms with E-state index in [-0.39, 0.29) is 32.7 Å². The molecule has 1 heteroatoms. The number of furan rings is 1. The zero-order valence-corrected chi connectivity index (χ0v) is 27.9. The maximum Gasteiger partial charge on any atom is 0.136 e. The van der Waals surface area contributed by atoms with Crippen molar-refractivity contribution >= 4 is 65.0 Å². The molecule has 0 spiro atoms. The average molecular weight is 686 g/mol. The van der Waals surface area contributed by atoms with E-state index in [1.807, 2.05) is 78.9 Å². The van der Waals surface area contributed by atoms with Crippen molar-refractivity contribution in [2.24, 2.45) is 0 Å². The molecule has 0 N–H and O–H groups in total. The third kappa shape index (κ3) is 4.51. The topological polar surface area (TPSA) is 13.1 Å². The van der Waals surface area contributed by atoms with Crippen molar-refractivity contribution < 1.29 is 22.2 Å². The lowest BCUT2D eigenvalue weighted by atomic mass is 9.83. The fourth-order valence-corrected chi connectivity index (χ4v) is 8.05. The minimum absolute atomic E-state index is 0.0723. The minimum Gasteiger partial charge on any atom is -0.456 e. The molecule has 0 atom stereocenters. The third-order valence-corrected chi connectivity index (χ3v) is 10.2. The van der Waals surface area contributed by atoms with Crippen LogP contribution >= 0.6 is 0 Å². The SMILES string of the molecule is [2H]c1c([2H])c([2H])c(-c2c3c([2H])c([2H])c([2H])c([2H])c3c(-c3ccc(-c4cccc5oc6cccc(-c7cccc8ccccc78)c6c45)c4ccccc34)c3c([2H])c([2H])c([2H])c([2H])c23)c([2H])c1[2H]. The van der Waals surface area contributed by atoms with Gasteiger partial charge >= 0.3 is 0 Å². The second-order valence-corrected chi connectivity index (χ2v) is 12.9. The number of rotatable bonds is 4. The molecule has 0 aliphatic carbocycles. The Balaban J connectivity index is 1.30. The Labute approximate surface area is 325 Å². The van der Waals surface area contributed by atoms with Gasteiger partial charge in [0.2, 0.25) is 0 Å². The molecule has 1 aromatic heterocycles. The largest absolute Gasteiger partial charge is 0.456 e. The summed E-state index contributed by atoms with van der Waals surface area (Å²) < 4.78 is 123. The first-order valence-electron chi connectivity index (χ1n) is 23.7. The van der Waals surface area contributed by atoms with E-state index in [9.17, 15) is 5.48 Å². The van der Waals surface area contributed by atoms with E-state index in [1.54, 1.807) is 6.07 Å². The van der Waals surface area contributed by atoms with E-state index in [0.717, 1.165) is 49.2 Å². The lowest BCUT2D eigenvalue weighted by Crippen LogP contribution is -1.92. The average Bonchev–Trinajstić information content (AvgIpc) is 3.73. The van der Waals surface area contributed by atoms with E-state index < -0.39 is 84.1 Å². The first-order chi connectivity index (χ1) is 31.7. The van der Waals surface area contributed by atoms with Crippen molar-refractivity contribution in [2.45, 2.75) is 0 Å². The van der Waals surface area contributed by atoms with Gasteiger partial charge in [0.1, 0.15) is 11.2 Å². The van der Waals surface area contributed by atoms with Gasteiger partial charge in [-0.1, -0.05) is 182 Å². The van der Waals surface area contributed by atoms with Gasteiger partial charge in [-0.15, -0.1) is 0 Å². The van der Waals surface area contributed by atoms with Crippen molar-refractivity contribution in [2.75, 3.05) is 0 Å². The van der Waals surface area contributed by atoms with Crippen LogP contribution in [0.15, 0.2) is 198 Å². The monoisotopic (exact) mass is 685 g/mol. The lowest BCUT2D eigenvalue weighted by Gasteiger charge is -2.20. The molecule has 0 fully saturated rings. The van der Waals surface area contributed by atoms with Gasteiger partial charge in [0.15, 0.2) is 0 Å². The van der Waals surface area contributed by atoms with Crippen LogP contribution in [-0.4, -0.2) is 0 Å². The summed E-state index contributed by atoms with van der Waals surface area (Å²) >= 11 is 0. The van der Waals surface area contributed by atoms with Gasteiger partial charge in [-0.3, -0.25) is 0 Å². The highest BCUT2D eigenvalue weighted by molar-refractivity contribution is 6.26. The molecule has 0 saturated heterocycles. The van der Waals surface area contributed by atoms with Gasteiger partial charge in [0, 0.05) is 10.8 Å². The minimum atomic E-state index is -0.718. The first kappa shape index (κ1) is 19.6. The van der Waals surface area contributed by atoms with Crippen LogP contribution in [0.5, 0.6) is 0 Å². The van der Waals surface area contributed by atoms with Crippen LogP contribution in [0.3, 0.4) is 0 Å². The molecule has 1 heterocycles. The zero-order valence-electron chi connectivity index (χ0n) is 40.9. The fraction of sp³-hybridized carbons (Fsp3) is 0. The Bertz CT molecular complexity index is 3870. The van der Waals surface area contributed by atoms with Crippen LogP contribution in [0.4, 0.5) is 0 Å². The van der Waals surface area contributed by atoms with E-state index >= 15 is 0 Å². The summed E-state index contributed by atoms with van der Waals surface area (Å²) in [5.74, 6) is 0. The quantitative estimate of drug-likeness (QED) is 0.168. The zero-order chi connectivity index (χ0) is 46.2. The van der Waals surface area contributed by atoms with Crippen LogP contribution in [-0.2, 0) is 0 Å². The number of fused-ring (bicyclic) bond motifs is 7. The summed E-state index contributed by atoms with van der Waals surface area (Å²) in [6, 6.07) is 29.1. The molecule has 1 nitrogen and oxygen atoms in total.